The predicted molar refractivity (Wildman–Crippen MR) is 75.2 cm³/mol. The minimum absolute atomic E-state index is 0.0533. The second kappa shape index (κ2) is 5.84. The summed E-state index contributed by atoms with van der Waals surface area (Å²) in [5, 5.41) is 18.1. The molecule has 0 saturated carbocycles. The molecule has 0 saturated heterocycles. The van der Waals surface area contributed by atoms with Gasteiger partial charge in [0.25, 0.3) is 0 Å². The van der Waals surface area contributed by atoms with Gasteiger partial charge in [-0.15, -0.1) is 11.8 Å². The van der Waals surface area contributed by atoms with Crippen LogP contribution in [0.3, 0.4) is 0 Å². The predicted octanol–water partition coefficient (Wildman–Crippen LogP) is 1.99. The first-order chi connectivity index (χ1) is 8.72. The van der Waals surface area contributed by atoms with Crippen molar-refractivity contribution in [1.82, 2.24) is 4.98 Å². The van der Waals surface area contributed by atoms with E-state index in [-0.39, 0.29) is 12.4 Å². The third-order valence-corrected chi connectivity index (χ3v) is 3.53. The van der Waals surface area contributed by atoms with Gasteiger partial charge in [-0.2, -0.15) is 0 Å². The number of benzene rings is 1. The molecule has 2 aromatic rings. The number of aromatic nitrogens is 1. The van der Waals surface area contributed by atoms with Crippen molar-refractivity contribution in [3.63, 3.8) is 0 Å². The Labute approximate surface area is 110 Å². The van der Waals surface area contributed by atoms with Crippen LogP contribution in [0.5, 0.6) is 0 Å². The standard InChI is InChI=1S/C13H15N3OS/c14-13(15)10-8-12(18-7-3-6-17)16-11-5-2-1-4-9(10)11/h1-2,4-5,8,17H,3,6-7H2,(H3,14,15). The molecule has 0 radical (unpaired) electrons. The summed E-state index contributed by atoms with van der Waals surface area (Å²) in [6.45, 7) is 0.181. The molecule has 0 aliphatic carbocycles. The third-order valence-electron chi connectivity index (χ3n) is 2.54. The molecular formula is C13H15N3OS. The summed E-state index contributed by atoms with van der Waals surface area (Å²) in [6, 6.07) is 9.50. The molecule has 0 spiro atoms. The highest BCUT2D eigenvalue weighted by molar-refractivity contribution is 7.99. The normalized spacial score (nSPS) is 10.7. The minimum Gasteiger partial charge on any atom is -0.396 e. The molecule has 1 aromatic carbocycles. The summed E-state index contributed by atoms with van der Waals surface area (Å²) in [6.07, 6.45) is 0.731. The van der Waals surface area contributed by atoms with Crippen molar-refractivity contribution >= 4 is 28.5 Å². The number of rotatable bonds is 5. The van der Waals surface area contributed by atoms with Crippen LogP contribution in [0, 0.1) is 5.41 Å². The Balaban J connectivity index is 2.41. The highest BCUT2D eigenvalue weighted by Gasteiger charge is 2.07. The van der Waals surface area contributed by atoms with Crippen molar-refractivity contribution in [3.05, 3.63) is 35.9 Å². The lowest BCUT2D eigenvalue weighted by Gasteiger charge is -2.07. The fraction of sp³-hybridized carbons (Fsp3) is 0.231. The van der Waals surface area contributed by atoms with Crippen LogP contribution in [0.2, 0.25) is 0 Å². The Morgan fingerprint density at radius 3 is 2.89 bits per heavy atom. The number of fused-ring (bicyclic) bond motifs is 1. The number of pyridine rings is 1. The summed E-state index contributed by atoms with van der Waals surface area (Å²) in [5.41, 5.74) is 7.17. The summed E-state index contributed by atoms with van der Waals surface area (Å²) in [5.74, 6) is 0.858. The zero-order valence-electron chi connectivity index (χ0n) is 9.89. The van der Waals surface area contributed by atoms with Gasteiger partial charge in [-0.05, 0) is 18.6 Å². The number of amidine groups is 1. The van der Waals surface area contributed by atoms with Gasteiger partial charge in [0.15, 0.2) is 0 Å². The average molecular weight is 261 g/mol. The van der Waals surface area contributed by atoms with Crippen molar-refractivity contribution in [1.29, 1.82) is 5.41 Å². The Morgan fingerprint density at radius 2 is 2.17 bits per heavy atom. The lowest BCUT2D eigenvalue weighted by Crippen LogP contribution is -2.12. The first kappa shape index (κ1) is 12.9. The Bertz CT molecular complexity index is 571. The van der Waals surface area contributed by atoms with Gasteiger partial charge in [-0.25, -0.2) is 4.98 Å². The van der Waals surface area contributed by atoms with E-state index in [2.05, 4.69) is 4.98 Å². The fourth-order valence-electron chi connectivity index (χ4n) is 1.69. The van der Waals surface area contributed by atoms with E-state index in [4.69, 9.17) is 16.2 Å². The minimum atomic E-state index is 0.0533. The van der Waals surface area contributed by atoms with Crippen molar-refractivity contribution < 1.29 is 5.11 Å². The SMILES string of the molecule is N=C(N)c1cc(SCCCO)nc2ccccc12. The van der Waals surface area contributed by atoms with Crippen LogP contribution in [-0.4, -0.2) is 28.3 Å². The maximum Gasteiger partial charge on any atom is 0.123 e. The van der Waals surface area contributed by atoms with Crippen molar-refractivity contribution in [2.75, 3.05) is 12.4 Å². The maximum absolute atomic E-state index is 8.77. The number of aliphatic hydroxyl groups is 1. The molecule has 1 heterocycles. The molecule has 0 aliphatic rings. The third kappa shape index (κ3) is 2.80. The topological polar surface area (TPSA) is 83.0 Å². The quantitative estimate of drug-likeness (QED) is 0.333. The molecule has 2 rings (SSSR count). The van der Waals surface area contributed by atoms with E-state index in [0.717, 1.165) is 28.1 Å². The summed E-state index contributed by atoms with van der Waals surface area (Å²) < 4.78 is 0. The zero-order valence-corrected chi connectivity index (χ0v) is 10.7. The van der Waals surface area contributed by atoms with Crippen LogP contribution < -0.4 is 5.73 Å². The van der Waals surface area contributed by atoms with Gasteiger partial charge in [-0.3, -0.25) is 5.41 Å². The Kier molecular flexibility index (Phi) is 4.17. The van der Waals surface area contributed by atoms with Gasteiger partial charge in [-0.1, -0.05) is 18.2 Å². The maximum atomic E-state index is 8.77. The molecule has 4 N–H and O–H groups in total. The number of nitrogens with zero attached hydrogens (tertiary/aromatic N) is 1. The molecule has 0 fully saturated rings. The highest BCUT2D eigenvalue weighted by Crippen LogP contribution is 2.24. The van der Waals surface area contributed by atoms with Gasteiger partial charge in [0.05, 0.1) is 10.5 Å². The second-order valence-electron chi connectivity index (χ2n) is 3.86. The van der Waals surface area contributed by atoms with E-state index in [0.29, 0.717) is 5.56 Å². The number of para-hydroxylation sites is 1. The van der Waals surface area contributed by atoms with E-state index in [1.807, 2.05) is 30.3 Å². The smallest absolute Gasteiger partial charge is 0.123 e. The van der Waals surface area contributed by atoms with E-state index < -0.39 is 0 Å². The number of hydrogen-bond donors (Lipinski definition) is 3. The molecule has 4 nitrogen and oxygen atoms in total. The molecular weight excluding hydrogens is 246 g/mol. The molecule has 0 unspecified atom stereocenters. The first-order valence-corrected chi connectivity index (χ1v) is 6.69. The number of nitrogens with one attached hydrogen (secondary N) is 1. The van der Waals surface area contributed by atoms with Crippen LogP contribution in [0.1, 0.15) is 12.0 Å². The van der Waals surface area contributed by atoms with E-state index in [9.17, 15) is 0 Å². The molecule has 5 heteroatoms. The average Bonchev–Trinajstić information content (AvgIpc) is 2.38. The number of thioether (sulfide) groups is 1. The van der Waals surface area contributed by atoms with Gasteiger partial charge < -0.3 is 10.8 Å². The largest absolute Gasteiger partial charge is 0.396 e. The molecule has 94 valence electrons. The van der Waals surface area contributed by atoms with E-state index in [1.165, 1.54) is 0 Å². The van der Waals surface area contributed by atoms with E-state index in [1.54, 1.807) is 11.8 Å². The van der Waals surface area contributed by atoms with Crippen molar-refractivity contribution in [2.24, 2.45) is 5.73 Å². The van der Waals surface area contributed by atoms with Crippen LogP contribution in [0.15, 0.2) is 35.4 Å². The lowest BCUT2D eigenvalue weighted by molar-refractivity contribution is 0.296. The number of nitrogens with two attached hydrogens (primary N) is 1. The summed E-state index contributed by atoms with van der Waals surface area (Å²) >= 11 is 1.57. The fourth-order valence-corrected chi connectivity index (χ4v) is 2.54. The van der Waals surface area contributed by atoms with Gasteiger partial charge in [0, 0.05) is 23.3 Å². The van der Waals surface area contributed by atoms with Gasteiger partial charge >= 0.3 is 0 Å². The molecule has 0 atom stereocenters. The summed E-state index contributed by atoms with van der Waals surface area (Å²) in [7, 11) is 0. The first-order valence-electron chi connectivity index (χ1n) is 5.70. The van der Waals surface area contributed by atoms with Crippen molar-refractivity contribution in [2.45, 2.75) is 11.4 Å². The van der Waals surface area contributed by atoms with Crippen LogP contribution in [-0.2, 0) is 0 Å². The van der Waals surface area contributed by atoms with Gasteiger partial charge in [0.2, 0.25) is 0 Å². The number of hydrogen-bond acceptors (Lipinski definition) is 4. The number of nitrogen functional groups attached to an aromatic ring is 1. The van der Waals surface area contributed by atoms with Crippen molar-refractivity contribution in [3.8, 4) is 0 Å². The Hall–Kier alpha value is -1.59. The monoisotopic (exact) mass is 261 g/mol. The van der Waals surface area contributed by atoms with E-state index >= 15 is 0 Å². The molecule has 0 bridgehead atoms. The van der Waals surface area contributed by atoms with Crippen LogP contribution >= 0.6 is 11.8 Å². The summed E-state index contributed by atoms with van der Waals surface area (Å²) in [4.78, 5) is 4.52. The van der Waals surface area contributed by atoms with Crippen LogP contribution in [0.4, 0.5) is 0 Å². The van der Waals surface area contributed by atoms with Gasteiger partial charge in [0.1, 0.15) is 5.84 Å². The number of aliphatic hydroxyl groups excluding tert-OH is 1. The molecule has 0 amide bonds. The zero-order chi connectivity index (χ0) is 13.0. The molecule has 1 aromatic heterocycles. The second-order valence-corrected chi connectivity index (χ2v) is 4.98. The molecule has 0 aliphatic heterocycles. The lowest BCUT2D eigenvalue weighted by atomic mass is 10.1. The Morgan fingerprint density at radius 1 is 1.39 bits per heavy atom. The highest BCUT2D eigenvalue weighted by atomic mass is 32.2. The van der Waals surface area contributed by atoms with Crippen LogP contribution in [0.25, 0.3) is 10.9 Å². The molecule has 18 heavy (non-hydrogen) atoms.